The molecule has 0 aliphatic carbocycles. The fourth-order valence-corrected chi connectivity index (χ4v) is 2.11. The van der Waals surface area contributed by atoms with Crippen molar-refractivity contribution < 1.29 is 9.21 Å². The molecule has 3 nitrogen and oxygen atoms in total. The molecule has 1 unspecified atom stereocenters. The van der Waals surface area contributed by atoms with Crippen LogP contribution in [0.1, 0.15) is 28.9 Å². The Balaban J connectivity index is 2.08. The monoisotopic (exact) mass is 327 g/mol. The number of amides is 1. The van der Waals surface area contributed by atoms with Crippen LogP contribution >= 0.6 is 27.5 Å². The van der Waals surface area contributed by atoms with E-state index >= 15 is 0 Å². The van der Waals surface area contributed by atoms with Crippen molar-refractivity contribution in [1.82, 2.24) is 5.32 Å². The number of rotatable bonds is 3. The van der Waals surface area contributed by atoms with Crippen LogP contribution in [0.3, 0.4) is 0 Å². The zero-order valence-corrected chi connectivity index (χ0v) is 12.0. The number of carbonyl (C=O) groups excluding carboxylic acids is 1. The molecule has 0 fully saturated rings. The van der Waals surface area contributed by atoms with Crippen LogP contribution in [-0.4, -0.2) is 5.91 Å². The number of hydrogen-bond acceptors (Lipinski definition) is 2. The maximum atomic E-state index is 12.0. The lowest BCUT2D eigenvalue weighted by atomic mass is 10.1. The van der Waals surface area contributed by atoms with Crippen molar-refractivity contribution in [3.63, 3.8) is 0 Å². The summed E-state index contributed by atoms with van der Waals surface area (Å²) in [6.45, 7) is 1.91. The molecule has 0 saturated heterocycles. The van der Waals surface area contributed by atoms with Crippen LogP contribution in [0.15, 0.2) is 45.7 Å². The van der Waals surface area contributed by atoms with Crippen molar-refractivity contribution in [3.05, 3.63) is 57.4 Å². The third-order valence-corrected chi connectivity index (χ3v) is 3.45. The lowest BCUT2D eigenvalue weighted by Gasteiger charge is -2.13. The number of nitrogens with one attached hydrogen (secondary N) is 1. The minimum atomic E-state index is -0.182. The molecule has 0 saturated carbocycles. The molecule has 0 aliphatic rings. The SMILES string of the molecule is CC(NC(=O)c1ccoc1Br)c1ccc(Cl)cc1. The zero-order valence-electron chi connectivity index (χ0n) is 9.61. The van der Waals surface area contributed by atoms with E-state index in [0.29, 0.717) is 15.3 Å². The molecule has 0 spiro atoms. The van der Waals surface area contributed by atoms with E-state index in [1.165, 1.54) is 6.26 Å². The first-order chi connectivity index (χ1) is 8.58. The van der Waals surface area contributed by atoms with Crippen LogP contribution in [-0.2, 0) is 0 Å². The predicted octanol–water partition coefficient (Wildman–Crippen LogP) is 4.19. The number of halogens is 2. The quantitative estimate of drug-likeness (QED) is 0.918. The maximum absolute atomic E-state index is 12.0. The third-order valence-electron chi connectivity index (χ3n) is 2.58. The summed E-state index contributed by atoms with van der Waals surface area (Å²) in [6.07, 6.45) is 1.46. The van der Waals surface area contributed by atoms with Gasteiger partial charge in [-0.2, -0.15) is 0 Å². The van der Waals surface area contributed by atoms with Crippen LogP contribution in [0.5, 0.6) is 0 Å². The number of carbonyl (C=O) groups is 1. The number of furan rings is 1. The van der Waals surface area contributed by atoms with E-state index in [1.807, 2.05) is 19.1 Å². The van der Waals surface area contributed by atoms with Gasteiger partial charge in [0.1, 0.15) is 0 Å². The molecule has 5 heteroatoms. The fraction of sp³-hybridized carbons (Fsp3) is 0.154. The Hall–Kier alpha value is -1.26. The molecule has 1 N–H and O–H groups in total. The largest absolute Gasteiger partial charge is 0.457 e. The van der Waals surface area contributed by atoms with Crippen molar-refractivity contribution in [1.29, 1.82) is 0 Å². The molecule has 1 atom stereocenters. The van der Waals surface area contributed by atoms with E-state index in [-0.39, 0.29) is 11.9 Å². The smallest absolute Gasteiger partial charge is 0.256 e. The molecule has 2 rings (SSSR count). The Morgan fingerprint density at radius 2 is 2.00 bits per heavy atom. The predicted molar refractivity (Wildman–Crippen MR) is 73.7 cm³/mol. The van der Waals surface area contributed by atoms with Crippen LogP contribution in [0.4, 0.5) is 0 Å². The molecular weight excluding hydrogens is 318 g/mol. The first kappa shape index (κ1) is 13.2. The summed E-state index contributed by atoms with van der Waals surface area (Å²) in [5.41, 5.74) is 1.48. The molecule has 1 aromatic carbocycles. The van der Waals surface area contributed by atoms with Gasteiger partial charge in [-0.3, -0.25) is 4.79 Å². The molecule has 0 bridgehead atoms. The summed E-state index contributed by atoms with van der Waals surface area (Å²) in [5.74, 6) is -0.182. The van der Waals surface area contributed by atoms with Gasteiger partial charge in [-0.1, -0.05) is 23.7 Å². The molecule has 18 heavy (non-hydrogen) atoms. The van der Waals surface area contributed by atoms with Gasteiger partial charge in [-0.15, -0.1) is 0 Å². The van der Waals surface area contributed by atoms with Gasteiger partial charge >= 0.3 is 0 Å². The van der Waals surface area contributed by atoms with E-state index in [2.05, 4.69) is 21.2 Å². The van der Waals surface area contributed by atoms with Gasteiger partial charge in [0.25, 0.3) is 5.91 Å². The van der Waals surface area contributed by atoms with Crippen LogP contribution in [0.2, 0.25) is 5.02 Å². The fourth-order valence-electron chi connectivity index (χ4n) is 1.56. The summed E-state index contributed by atoms with van der Waals surface area (Å²) in [7, 11) is 0. The first-order valence-electron chi connectivity index (χ1n) is 5.37. The van der Waals surface area contributed by atoms with Gasteiger partial charge < -0.3 is 9.73 Å². The number of hydrogen-bond donors (Lipinski definition) is 1. The van der Waals surface area contributed by atoms with Crippen molar-refractivity contribution in [2.75, 3.05) is 0 Å². The summed E-state index contributed by atoms with van der Waals surface area (Å²) >= 11 is 9.00. The minimum absolute atomic E-state index is 0.100. The Kier molecular flexibility index (Phi) is 4.09. The minimum Gasteiger partial charge on any atom is -0.457 e. The van der Waals surface area contributed by atoms with Gasteiger partial charge in [0, 0.05) is 5.02 Å². The second-order valence-electron chi connectivity index (χ2n) is 3.85. The second kappa shape index (κ2) is 5.59. The average Bonchev–Trinajstić information content (AvgIpc) is 2.76. The average molecular weight is 329 g/mol. The highest BCUT2D eigenvalue weighted by atomic mass is 79.9. The molecule has 1 amide bonds. The Morgan fingerprint density at radius 3 is 2.56 bits per heavy atom. The lowest BCUT2D eigenvalue weighted by Crippen LogP contribution is -2.26. The van der Waals surface area contributed by atoms with Gasteiger partial charge in [-0.25, -0.2) is 0 Å². The highest BCUT2D eigenvalue weighted by Crippen LogP contribution is 2.20. The zero-order chi connectivity index (χ0) is 13.1. The maximum Gasteiger partial charge on any atom is 0.256 e. The molecular formula is C13H11BrClNO2. The molecule has 0 radical (unpaired) electrons. The molecule has 1 aromatic heterocycles. The van der Waals surface area contributed by atoms with Gasteiger partial charge in [0.2, 0.25) is 0 Å². The molecule has 1 heterocycles. The number of benzene rings is 1. The highest BCUT2D eigenvalue weighted by Gasteiger charge is 2.15. The van der Waals surface area contributed by atoms with E-state index in [1.54, 1.807) is 18.2 Å². The van der Waals surface area contributed by atoms with Crippen LogP contribution < -0.4 is 5.32 Å². The van der Waals surface area contributed by atoms with Crippen LogP contribution in [0, 0.1) is 0 Å². The van der Waals surface area contributed by atoms with E-state index in [0.717, 1.165) is 5.56 Å². The summed E-state index contributed by atoms with van der Waals surface area (Å²) < 4.78 is 5.46. The standard InChI is InChI=1S/C13H11BrClNO2/c1-8(9-2-4-10(15)5-3-9)16-13(17)11-6-7-18-12(11)14/h2-8H,1H3,(H,16,17). The van der Waals surface area contributed by atoms with Crippen molar-refractivity contribution in [2.45, 2.75) is 13.0 Å². The first-order valence-corrected chi connectivity index (χ1v) is 6.54. The van der Waals surface area contributed by atoms with E-state index in [9.17, 15) is 4.79 Å². The Bertz CT molecular complexity index is 550. The van der Waals surface area contributed by atoms with E-state index in [4.69, 9.17) is 16.0 Å². The van der Waals surface area contributed by atoms with Crippen molar-refractivity contribution in [3.8, 4) is 0 Å². The summed E-state index contributed by atoms with van der Waals surface area (Å²) in [6, 6.07) is 8.89. The second-order valence-corrected chi connectivity index (χ2v) is 5.01. The molecule has 0 aliphatic heterocycles. The highest BCUT2D eigenvalue weighted by molar-refractivity contribution is 9.10. The summed E-state index contributed by atoms with van der Waals surface area (Å²) in [4.78, 5) is 12.0. The Labute approximate surface area is 118 Å². The lowest BCUT2D eigenvalue weighted by molar-refractivity contribution is 0.0938. The van der Waals surface area contributed by atoms with E-state index < -0.39 is 0 Å². The Morgan fingerprint density at radius 1 is 1.33 bits per heavy atom. The molecule has 2 aromatic rings. The molecule has 94 valence electrons. The summed E-state index contributed by atoms with van der Waals surface area (Å²) in [5, 5.41) is 3.56. The topological polar surface area (TPSA) is 42.2 Å². The van der Waals surface area contributed by atoms with Crippen LogP contribution in [0.25, 0.3) is 0 Å². The van der Waals surface area contributed by atoms with Crippen molar-refractivity contribution >= 4 is 33.4 Å². The van der Waals surface area contributed by atoms with Crippen molar-refractivity contribution in [2.24, 2.45) is 0 Å². The van der Waals surface area contributed by atoms with Gasteiger partial charge in [0.15, 0.2) is 4.67 Å². The normalized spacial score (nSPS) is 12.2. The van der Waals surface area contributed by atoms with Gasteiger partial charge in [0.05, 0.1) is 17.9 Å². The third kappa shape index (κ3) is 2.94. The van der Waals surface area contributed by atoms with Gasteiger partial charge in [-0.05, 0) is 46.6 Å².